The van der Waals surface area contributed by atoms with Crippen molar-refractivity contribution in [3.8, 4) is 0 Å². The van der Waals surface area contributed by atoms with Gasteiger partial charge in [-0.2, -0.15) is 13.2 Å². The summed E-state index contributed by atoms with van der Waals surface area (Å²) in [6.45, 7) is 6.68. The summed E-state index contributed by atoms with van der Waals surface area (Å²) >= 11 is 0. The number of piperazine rings is 1. The molecule has 0 amide bonds. The molecule has 0 saturated carbocycles. The molecule has 0 radical (unpaired) electrons. The summed E-state index contributed by atoms with van der Waals surface area (Å²) in [6, 6.07) is 2.80. The van der Waals surface area contributed by atoms with E-state index < -0.39 is 17.6 Å². The smallest absolute Gasteiger partial charge is 0.314 e. The Bertz CT molecular complexity index is 488. The van der Waals surface area contributed by atoms with Crippen molar-refractivity contribution in [1.82, 2.24) is 10.2 Å². The Morgan fingerprint density at radius 1 is 1.18 bits per heavy atom. The summed E-state index contributed by atoms with van der Waals surface area (Å²) in [4.78, 5) is 2.02. The van der Waals surface area contributed by atoms with Gasteiger partial charge in [0.05, 0.1) is 11.6 Å². The third kappa shape index (κ3) is 4.84. The number of hydrogen-bond donors (Lipinski definition) is 1. The monoisotopic (exact) mass is 360 g/mol. The van der Waals surface area contributed by atoms with Crippen molar-refractivity contribution in [2.75, 3.05) is 26.2 Å². The van der Waals surface area contributed by atoms with Crippen molar-refractivity contribution in [2.45, 2.75) is 12.2 Å². The van der Waals surface area contributed by atoms with Crippen molar-refractivity contribution < 1.29 is 17.6 Å². The van der Waals surface area contributed by atoms with Gasteiger partial charge in [0.1, 0.15) is 5.82 Å². The van der Waals surface area contributed by atoms with Crippen LogP contribution < -0.4 is 5.32 Å². The van der Waals surface area contributed by atoms with Gasteiger partial charge in [0.15, 0.2) is 0 Å². The highest BCUT2D eigenvalue weighted by molar-refractivity contribution is 5.85. The molecular weight excluding hydrogens is 343 g/mol. The fourth-order valence-corrected chi connectivity index (χ4v) is 2.40. The molecule has 0 spiro atoms. The SMILES string of the molecule is C=C[C@@H](c1ccc(F)c(C(F)(F)F)c1)N1CCNCC1.Cl.Cl. The van der Waals surface area contributed by atoms with Crippen LogP contribution in [0.4, 0.5) is 17.6 Å². The van der Waals surface area contributed by atoms with Crippen LogP contribution in [-0.2, 0) is 6.18 Å². The zero-order valence-electron chi connectivity index (χ0n) is 11.7. The lowest BCUT2D eigenvalue weighted by molar-refractivity contribution is -0.140. The van der Waals surface area contributed by atoms with Crippen molar-refractivity contribution >= 4 is 24.8 Å². The zero-order valence-corrected chi connectivity index (χ0v) is 13.3. The number of benzene rings is 1. The first-order valence-corrected chi connectivity index (χ1v) is 6.37. The van der Waals surface area contributed by atoms with Gasteiger partial charge in [-0.25, -0.2) is 4.39 Å². The molecule has 0 aromatic heterocycles. The third-order valence-electron chi connectivity index (χ3n) is 3.41. The minimum absolute atomic E-state index is 0. The average molecular weight is 361 g/mol. The summed E-state index contributed by atoms with van der Waals surface area (Å²) in [5.74, 6) is -1.25. The molecule has 1 N–H and O–H groups in total. The Morgan fingerprint density at radius 3 is 2.27 bits per heavy atom. The number of nitrogens with zero attached hydrogens (tertiary/aromatic N) is 1. The Morgan fingerprint density at radius 2 is 1.77 bits per heavy atom. The molecule has 126 valence electrons. The molecule has 22 heavy (non-hydrogen) atoms. The third-order valence-corrected chi connectivity index (χ3v) is 3.41. The molecule has 2 rings (SSSR count). The van der Waals surface area contributed by atoms with E-state index in [1.807, 2.05) is 4.90 Å². The molecule has 1 saturated heterocycles. The predicted octanol–water partition coefficient (Wildman–Crippen LogP) is 3.82. The van der Waals surface area contributed by atoms with Crippen LogP contribution in [0, 0.1) is 5.82 Å². The number of halogens is 6. The molecule has 0 bridgehead atoms. The standard InChI is InChI=1S/C14H16F4N2.2ClH/c1-2-13(20-7-5-19-6-8-20)10-3-4-12(15)11(9-10)14(16,17)18;;/h2-4,9,13,19H,1,5-8H2;2*1H/t13-;;/m0../s1. The Balaban J connectivity index is 0.00000220. The predicted molar refractivity (Wildman–Crippen MR) is 83.3 cm³/mol. The summed E-state index contributed by atoms with van der Waals surface area (Å²) in [5, 5.41) is 3.17. The van der Waals surface area contributed by atoms with E-state index in [4.69, 9.17) is 0 Å². The second-order valence-corrected chi connectivity index (χ2v) is 4.70. The Labute approximate surface area is 139 Å². The van der Waals surface area contributed by atoms with Crippen LogP contribution in [0.5, 0.6) is 0 Å². The number of alkyl halides is 3. The Kier molecular flexibility index (Phi) is 8.39. The van der Waals surface area contributed by atoms with Crippen LogP contribution in [0.3, 0.4) is 0 Å². The Hall–Kier alpha value is -0.820. The van der Waals surface area contributed by atoms with E-state index in [-0.39, 0.29) is 30.9 Å². The normalized spacial score (nSPS) is 17.1. The summed E-state index contributed by atoms with van der Waals surface area (Å²) in [5.41, 5.74) is -0.812. The first kappa shape index (κ1) is 21.2. The summed E-state index contributed by atoms with van der Waals surface area (Å²) < 4.78 is 51.6. The fraction of sp³-hybridized carbons (Fsp3) is 0.429. The van der Waals surface area contributed by atoms with Gasteiger partial charge in [0.25, 0.3) is 0 Å². The molecule has 2 nitrogen and oxygen atoms in total. The molecule has 1 heterocycles. The van der Waals surface area contributed by atoms with Gasteiger partial charge in [0, 0.05) is 26.2 Å². The summed E-state index contributed by atoms with van der Waals surface area (Å²) in [7, 11) is 0. The maximum absolute atomic E-state index is 13.3. The minimum atomic E-state index is -4.69. The van der Waals surface area contributed by atoms with Crippen LogP contribution in [0.1, 0.15) is 17.2 Å². The molecule has 1 atom stereocenters. The molecule has 1 aromatic carbocycles. The van der Waals surface area contributed by atoms with Gasteiger partial charge in [-0.3, -0.25) is 4.90 Å². The molecular formula is C14H18Cl2F4N2. The first-order chi connectivity index (χ1) is 9.43. The summed E-state index contributed by atoms with van der Waals surface area (Å²) in [6.07, 6.45) is -3.09. The highest BCUT2D eigenvalue weighted by Crippen LogP contribution is 2.34. The topological polar surface area (TPSA) is 15.3 Å². The van der Waals surface area contributed by atoms with Gasteiger partial charge in [0.2, 0.25) is 0 Å². The van der Waals surface area contributed by atoms with Crippen LogP contribution in [-0.4, -0.2) is 31.1 Å². The van der Waals surface area contributed by atoms with Gasteiger partial charge in [-0.05, 0) is 17.7 Å². The van der Waals surface area contributed by atoms with Crippen molar-refractivity contribution in [1.29, 1.82) is 0 Å². The quantitative estimate of drug-likeness (QED) is 0.651. The van der Waals surface area contributed by atoms with Crippen LogP contribution >= 0.6 is 24.8 Å². The van der Waals surface area contributed by atoms with Gasteiger partial charge >= 0.3 is 6.18 Å². The van der Waals surface area contributed by atoms with E-state index >= 15 is 0 Å². The minimum Gasteiger partial charge on any atom is -0.314 e. The van der Waals surface area contributed by atoms with Crippen LogP contribution in [0.2, 0.25) is 0 Å². The van der Waals surface area contributed by atoms with E-state index in [0.29, 0.717) is 5.56 Å². The second-order valence-electron chi connectivity index (χ2n) is 4.70. The molecule has 0 unspecified atom stereocenters. The fourth-order valence-electron chi connectivity index (χ4n) is 2.40. The highest BCUT2D eigenvalue weighted by Gasteiger charge is 2.35. The number of nitrogens with one attached hydrogen (secondary N) is 1. The maximum atomic E-state index is 13.3. The van der Waals surface area contributed by atoms with Crippen molar-refractivity contribution in [2.24, 2.45) is 0 Å². The van der Waals surface area contributed by atoms with Gasteiger partial charge in [-0.1, -0.05) is 12.1 Å². The van der Waals surface area contributed by atoms with Gasteiger partial charge in [-0.15, -0.1) is 31.4 Å². The average Bonchev–Trinajstić information content (AvgIpc) is 2.41. The van der Waals surface area contributed by atoms with E-state index in [2.05, 4.69) is 11.9 Å². The molecule has 1 aromatic rings. The first-order valence-electron chi connectivity index (χ1n) is 6.37. The lowest BCUT2D eigenvalue weighted by Gasteiger charge is -2.33. The molecule has 1 aliphatic rings. The molecule has 8 heteroatoms. The lowest BCUT2D eigenvalue weighted by atomic mass is 10.0. The van der Waals surface area contributed by atoms with Crippen LogP contribution in [0.15, 0.2) is 30.9 Å². The van der Waals surface area contributed by atoms with Crippen LogP contribution in [0.25, 0.3) is 0 Å². The largest absolute Gasteiger partial charge is 0.419 e. The van der Waals surface area contributed by atoms with Gasteiger partial charge < -0.3 is 5.32 Å². The van der Waals surface area contributed by atoms with Crippen molar-refractivity contribution in [3.63, 3.8) is 0 Å². The molecule has 0 aliphatic carbocycles. The molecule has 1 aliphatic heterocycles. The van der Waals surface area contributed by atoms with E-state index in [1.165, 1.54) is 6.07 Å². The number of hydrogen-bond acceptors (Lipinski definition) is 2. The zero-order chi connectivity index (χ0) is 14.8. The van der Waals surface area contributed by atoms with E-state index in [9.17, 15) is 17.6 Å². The molecule has 1 fully saturated rings. The van der Waals surface area contributed by atoms with Crippen molar-refractivity contribution in [3.05, 3.63) is 47.8 Å². The number of rotatable bonds is 3. The van der Waals surface area contributed by atoms with E-state index in [0.717, 1.165) is 38.3 Å². The maximum Gasteiger partial charge on any atom is 0.419 e. The highest BCUT2D eigenvalue weighted by atomic mass is 35.5. The second kappa shape index (κ2) is 8.72. The van der Waals surface area contributed by atoms with E-state index in [1.54, 1.807) is 6.08 Å². The lowest BCUT2D eigenvalue weighted by Crippen LogP contribution is -2.44.